The van der Waals surface area contributed by atoms with Gasteiger partial charge < -0.3 is 10.1 Å². The summed E-state index contributed by atoms with van der Waals surface area (Å²) in [4.78, 5) is 11.7. The smallest absolute Gasteiger partial charge is 0.412 e. The van der Waals surface area contributed by atoms with E-state index in [0.29, 0.717) is 12.1 Å². The number of ether oxygens (including phenoxy) is 1. The van der Waals surface area contributed by atoms with Gasteiger partial charge in [0, 0.05) is 24.3 Å². The number of hydrogen-bond acceptors (Lipinski definition) is 4. The predicted octanol–water partition coefficient (Wildman–Crippen LogP) is 4.78. The van der Waals surface area contributed by atoms with Crippen LogP contribution in [0.15, 0.2) is 24.3 Å². The SMILES string of the molecule is CC(C)(CCC#N)CNc1ccc(NC(=O)OC(C)(C)C)cc1. The van der Waals surface area contributed by atoms with E-state index in [4.69, 9.17) is 10.00 Å². The van der Waals surface area contributed by atoms with E-state index in [-0.39, 0.29) is 5.41 Å². The van der Waals surface area contributed by atoms with Gasteiger partial charge in [0.05, 0.1) is 6.07 Å². The first kappa shape index (κ1) is 18.8. The molecule has 0 unspecified atom stereocenters. The zero-order valence-electron chi connectivity index (χ0n) is 14.7. The van der Waals surface area contributed by atoms with Gasteiger partial charge in [0.1, 0.15) is 5.60 Å². The molecule has 0 aliphatic heterocycles. The molecule has 0 saturated carbocycles. The molecule has 5 nitrogen and oxygen atoms in total. The lowest BCUT2D eigenvalue weighted by atomic mass is 9.88. The number of rotatable bonds is 6. The van der Waals surface area contributed by atoms with Crippen LogP contribution in [0, 0.1) is 16.7 Å². The number of anilines is 2. The molecule has 1 aromatic rings. The highest BCUT2D eigenvalue weighted by molar-refractivity contribution is 5.85. The Morgan fingerprint density at radius 3 is 2.22 bits per heavy atom. The molecule has 1 amide bonds. The van der Waals surface area contributed by atoms with Crippen LogP contribution in [0.1, 0.15) is 47.5 Å². The van der Waals surface area contributed by atoms with Crippen molar-refractivity contribution >= 4 is 17.5 Å². The number of carbonyl (C=O) groups excluding carboxylic acids is 1. The monoisotopic (exact) mass is 317 g/mol. The van der Waals surface area contributed by atoms with Crippen molar-refractivity contribution < 1.29 is 9.53 Å². The third-order valence-electron chi connectivity index (χ3n) is 3.21. The molecular formula is C18H27N3O2. The fraction of sp³-hybridized carbons (Fsp3) is 0.556. The fourth-order valence-corrected chi connectivity index (χ4v) is 1.92. The molecule has 126 valence electrons. The number of carbonyl (C=O) groups is 1. The molecule has 2 N–H and O–H groups in total. The van der Waals surface area contributed by atoms with Crippen LogP contribution in [0.5, 0.6) is 0 Å². The van der Waals surface area contributed by atoms with Crippen molar-refractivity contribution in [2.24, 2.45) is 5.41 Å². The van der Waals surface area contributed by atoms with Crippen molar-refractivity contribution in [3.05, 3.63) is 24.3 Å². The topological polar surface area (TPSA) is 74.2 Å². The van der Waals surface area contributed by atoms with E-state index in [1.807, 2.05) is 45.0 Å². The normalized spacial score (nSPS) is 11.5. The van der Waals surface area contributed by atoms with E-state index in [1.165, 1.54) is 0 Å². The molecule has 1 rings (SSSR count). The Morgan fingerprint density at radius 2 is 1.70 bits per heavy atom. The van der Waals surface area contributed by atoms with E-state index in [2.05, 4.69) is 30.6 Å². The number of benzene rings is 1. The Morgan fingerprint density at radius 1 is 1.13 bits per heavy atom. The number of hydrogen-bond donors (Lipinski definition) is 2. The summed E-state index contributed by atoms with van der Waals surface area (Å²) < 4.78 is 5.21. The Bertz CT molecular complexity index is 551. The van der Waals surface area contributed by atoms with Crippen LogP contribution >= 0.6 is 0 Å². The zero-order chi connectivity index (χ0) is 17.5. The van der Waals surface area contributed by atoms with Gasteiger partial charge in [0.2, 0.25) is 0 Å². The van der Waals surface area contributed by atoms with Crippen molar-refractivity contribution in [1.29, 1.82) is 5.26 Å². The van der Waals surface area contributed by atoms with Crippen LogP contribution in [-0.4, -0.2) is 18.2 Å². The maximum atomic E-state index is 11.7. The first-order valence-electron chi connectivity index (χ1n) is 7.82. The molecule has 0 aliphatic rings. The van der Waals surface area contributed by atoms with Crippen LogP contribution in [0.3, 0.4) is 0 Å². The average Bonchev–Trinajstić information content (AvgIpc) is 2.42. The molecule has 0 fully saturated rings. The van der Waals surface area contributed by atoms with Crippen LogP contribution in [0.25, 0.3) is 0 Å². The second-order valence-corrected chi connectivity index (χ2v) is 7.38. The number of nitriles is 1. The van der Waals surface area contributed by atoms with E-state index in [1.54, 1.807) is 0 Å². The lowest BCUT2D eigenvalue weighted by Crippen LogP contribution is -2.27. The lowest BCUT2D eigenvalue weighted by Gasteiger charge is -2.24. The molecule has 0 saturated heterocycles. The van der Waals surface area contributed by atoms with Gasteiger partial charge in [-0.2, -0.15) is 5.26 Å². The van der Waals surface area contributed by atoms with Crippen LogP contribution in [-0.2, 0) is 4.74 Å². The molecule has 0 bridgehead atoms. The molecule has 0 aliphatic carbocycles. The van der Waals surface area contributed by atoms with Gasteiger partial charge in [-0.3, -0.25) is 5.32 Å². The second kappa shape index (κ2) is 7.87. The molecule has 0 atom stereocenters. The fourth-order valence-electron chi connectivity index (χ4n) is 1.92. The van der Waals surface area contributed by atoms with Gasteiger partial charge in [-0.05, 0) is 56.9 Å². The quantitative estimate of drug-likeness (QED) is 0.792. The molecule has 0 spiro atoms. The highest BCUT2D eigenvalue weighted by atomic mass is 16.6. The molecule has 0 radical (unpaired) electrons. The van der Waals surface area contributed by atoms with Crippen LogP contribution in [0.4, 0.5) is 16.2 Å². The van der Waals surface area contributed by atoms with Crippen LogP contribution < -0.4 is 10.6 Å². The van der Waals surface area contributed by atoms with E-state index in [0.717, 1.165) is 18.7 Å². The van der Waals surface area contributed by atoms with Crippen molar-refractivity contribution in [3.63, 3.8) is 0 Å². The number of nitrogens with zero attached hydrogens (tertiary/aromatic N) is 1. The van der Waals surface area contributed by atoms with Crippen LogP contribution in [0.2, 0.25) is 0 Å². The molecule has 1 aromatic carbocycles. The Labute approximate surface area is 139 Å². The van der Waals surface area contributed by atoms with E-state index >= 15 is 0 Å². The van der Waals surface area contributed by atoms with Crippen molar-refractivity contribution in [3.8, 4) is 6.07 Å². The Hall–Kier alpha value is -2.22. The minimum Gasteiger partial charge on any atom is -0.444 e. The summed E-state index contributed by atoms with van der Waals surface area (Å²) in [5.41, 5.74) is 1.21. The molecule has 0 heterocycles. The highest BCUT2D eigenvalue weighted by Crippen LogP contribution is 2.23. The first-order valence-corrected chi connectivity index (χ1v) is 7.82. The molecular weight excluding hydrogens is 290 g/mol. The van der Waals surface area contributed by atoms with Gasteiger partial charge in [-0.15, -0.1) is 0 Å². The van der Waals surface area contributed by atoms with Crippen molar-refractivity contribution in [1.82, 2.24) is 0 Å². The summed E-state index contributed by atoms with van der Waals surface area (Å²) in [6.07, 6.45) is 0.957. The number of nitrogens with one attached hydrogen (secondary N) is 2. The lowest BCUT2D eigenvalue weighted by molar-refractivity contribution is 0.0636. The summed E-state index contributed by atoms with van der Waals surface area (Å²) in [5, 5.41) is 14.7. The molecule has 23 heavy (non-hydrogen) atoms. The van der Waals surface area contributed by atoms with Gasteiger partial charge >= 0.3 is 6.09 Å². The van der Waals surface area contributed by atoms with Gasteiger partial charge in [0.25, 0.3) is 0 Å². The van der Waals surface area contributed by atoms with E-state index in [9.17, 15) is 4.79 Å². The molecule has 5 heteroatoms. The Kier molecular flexibility index (Phi) is 6.44. The van der Waals surface area contributed by atoms with Gasteiger partial charge in [-0.1, -0.05) is 13.8 Å². The minimum absolute atomic E-state index is 0.0587. The minimum atomic E-state index is -0.513. The van der Waals surface area contributed by atoms with Crippen molar-refractivity contribution in [2.45, 2.75) is 53.1 Å². The first-order chi connectivity index (χ1) is 10.6. The zero-order valence-corrected chi connectivity index (χ0v) is 14.7. The summed E-state index contributed by atoms with van der Waals surface area (Å²) >= 11 is 0. The van der Waals surface area contributed by atoms with Gasteiger partial charge in [-0.25, -0.2) is 4.79 Å². The largest absolute Gasteiger partial charge is 0.444 e. The third kappa shape index (κ3) is 8.10. The third-order valence-corrected chi connectivity index (χ3v) is 3.21. The standard InChI is InChI=1S/C18H27N3O2/c1-17(2,3)23-16(22)21-15-9-7-14(8-10-15)20-13-18(4,5)11-6-12-19/h7-10,20H,6,11,13H2,1-5H3,(H,21,22). The van der Waals surface area contributed by atoms with Gasteiger partial charge in [0.15, 0.2) is 0 Å². The predicted molar refractivity (Wildman–Crippen MR) is 93.4 cm³/mol. The highest BCUT2D eigenvalue weighted by Gasteiger charge is 2.17. The maximum Gasteiger partial charge on any atom is 0.412 e. The number of amides is 1. The summed E-state index contributed by atoms with van der Waals surface area (Å²) in [6, 6.07) is 9.66. The second-order valence-electron chi connectivity index (χ2n) is 7.38. The average molecular weight is 317 g/mol. The summed E-state index contributed by atoms with van der Waals surface area (Å²) in [5.74, 6) is 0. The Balaban J connectivity index is 2.51. The van der Waals surface area contributed by atoms with Crippen molar-refractivity contribution in [2.75, 3.05) is 17.2 Å². The summed E-state index contributed by atoms with van der Waals surface area (Å²) in [6.45, 7) is 10.5. The maximum absolute atomic E-state index is 11.7. The van der Waals surface area contributed by atoms with E-state index < -0.39 is 11.7 Å². The summed E-state index contributed by atoms with van der Waals surface area (Å²) in [7, 11) is 0. The molecule has 0 aromatic heterocycles.